The molecule has 0 aromatic heterocycles. The molecule has 2 aromatic carbocycles. The number of benzene rings is 2. The Labute approximate surface area is 154 Å². The van der Waals surface area contributed by atoms with Crippen LogP contribution in [-0.2, 0) is 4.79 Å². The van der Waals surface area contributed by atoms with E-state index in [0.717, 1.165) is 23.5 Å². The maximum absolute atomic E-state index is 12.4. The second-order valence-corrected chi connectivity index (χ2v) is 8.31. The van der Waals surface area contributed by atoms with Gasteiger partial charge < -0.3 is 10.1 Å². The summed E-state index contributed by atoms with van der Waals surface area (Å²) in [4.78, 5) is 13.6. The zero-order valence-corrected chi connectivity index (χ0v) is 15.9. The number of hydrogen-bond donors (Lipinski definition) is 1. The number of aryl methyl sites for hydroxylation is 1. The van der Waals surface area contributed by atoms with Gasteiger partial charge >= 0.3 is 0 Å². The SMILES string of the molecule is Cc1ccc2c(c1)OC(C)(C)C[C@@H]2NC(=O)CCSc1ccccc1. The Morgan fingerprint density at radius 3 is 2.76 bits per heavy atom. The summed E-state index contributed by atoms with van der Waals surface area (Å²) in [5, 5.41) is 3.20. The van der Waals surface area contributed by atoms with E-state index in [9.17, 15) is 4.79 Å². The van der Waals surface area contributed by atoms with Gasteiger partial charge in [0, 0.05) is 29.1 Å². The van der Waals surface area contributed by atoms with E-state index in [1.807, 2.05) is 18.2 Å². The Morgan fingerprint density at radius 2 is 2.00 bits per heavy atom. The van der Waals surface area contributed by atoms with Gasteiger partial charge in [-0.05, 0) is 44.5 Å². The Kier molecular flexibility index (Phi) is 5.38. The number of fused-ring (bicyclic) bond motifs is 1. The summed E-state index contributed by atoms with van der Waals surface area (Å²) in [6.07, 6.45) is 1.29. The van der Waals surface area contributed by atoms with E-state index in [1.54, 1.807) is 11.8 Å². The molecule has 1 atom stereocenters. The fourth-order valence-corrected chi connectivity index (χ4v) is 4.01. The molecule has 1 aliphatic heterocycles. The third kappa shape index (κ3) is 4.79. The monoisotopic (exact) mass is 355 g/mol. The second kappa shape index (κ2) is 7.52. The van der Waals surface area contributed by atoms with Crippen LogP contribution in [0, 0.1) is 6.92 Å². The first-order valence-electron chi connectivity index (χ1n) is 8.70. The van der Waals surface area contributed by atoms with E-state index in [-0.39, 0.29) is 17.6 Å². The van der Waals surface area contributed by atoms with Crippen molar-refractivity contribution in [2.24, 2.45) is 0 Å². The highest BCUT2D eigenvalue weighted by atomic mass is 32.2. The van der Waals surface area contributed by atoms with Crippen LogP contribution in [0.1, 0.15) is 43.9 Å². The molecule has 0 aliphatic carbocycles. The summed E-state index contributed by atoms with van der Waals surface area (Å²) in [5.41, 5.74) is 1.96. The molecule has 0 saturated carbocycles. The average Bonchev–Trinajstić information content (AvgIpc) is 2.54. The van der Waals surface area contributed by atoms with Gasteiger partial charge in [0.1, 0.15) is 11.4 Å². The van der Waals surface area contributed by atoms with Crippen LogP contribution in [0.15, 0.2) is 53.4 Å². The highest BCUT2D eigenvalue weighted by molar-refractivity contribution is 7.99. The highest BCUT2D eigenvalue weighted by Crippen LogP contribution is 2.39. The minimum Gasteiger partial charge on any atom is -0.487 e. The van der Waals surface area contributed by atoms with Gasteiger partial charge in [0.2, 0.25) is 5.91 Å². The van der Waals surface area contributed by atoms with E-state index in [1.165, 1.54) is 10.5 Å². The van der Waals surface area contributed by atoms with Crippen molar-refractivity contribution in [3.63, 3.8) is 0 Å². The standard InChI is InChI=1S/C21H25NO2S/c1-15-9-10-17-18(14-21(2,3)24-19(17)13-15)22-20(23)11-12-25-16-7-5-4-6-8-16/h4-10,13,18H,11-12,14H2,1-3H3,(H,22,23)/t18-/m0/s1. The van der Waals surface area contributed by atoms with Crippen molar-refractivity contribution in [1.82, 2.24) is 5.32 Å². The molecule has 1 amide bonds. The minimum absolute atomic E-state index is 0.00794. The third-order valence-electron chi connectivity index (χ3n) is 4.30. The van der Waals surface area contributed by atoms with Crippen LogP contribution in [0.3, 0.4) is 0 Å². The van der Waals surface area contributed by atoms with Gasteiger partial charge in [-0.2, -0.15) is 0 Å². The molecule has 2 aromatic rings. The van der Waals surface area contributed by atoms with Crippen molar-refractivity contribution >= 4 is 17.7 Å². The number of carbonyl (C=O) groups is 1. The molecule has 0 spiro atoms. The minimum atomic E-state index is -0.280. The fourth-order valence-electron chi connectivity index (χ4n) is 3.13. The zero-order chi connectivity index (χ0) is 17.9. The van der Waals surface area contributed by atoms with Crippen molar-refractivity contribution < 1.29 is 9.53 Å². The predicted octanol–water partition coefficient (Wildman–Crippen LogP) is 4.90. The van der Waals surface area contributed by atoms with Crippen LogP contribution in [0.5, 0.6) is 5.75 Å². The molecule has 0 bridgehead atoms. The maximum Gasteiger partial charge on any atom is 0.221 e. The first-order chi connectivity index (χ1) is 11.9. The topological polar surface area (TPSA) is 38.3 Å². The van der Waals surface area contributed by atoms with E-state index >= 15 is 0 Å². The smallest absolute Gasteiger partial charge is 0.221 e. The summed E-state index contributed by atoms with van der Waals surface area (Å²) in [5.74, 6) is 1.77. The van der Waals surface area contributed by atoms with Gasteiger partial charge in [-0.3, -0.25) is 4.79 Å². The van der Waals surface area contributed by atoms with Gasteiger partial charge in [0.05, 0.1) is 6.04 Å². The molecule has 3 nitrogen and oxygen atoms in total. The molecule has 0 saturated heterocycles. The number of rotatable bonds is 5. The van der Waals surface area contributed by atoms with Crippen LogP contribution in [0.25, 0.3) is 0 Å². The van der Waals surface area contributed by atoms with Crippen molar-refractivity contribution in [3.05, 3.63) is 59.7 Å². The molecule has 1 heterocycles. The average molecular weight is 356 g/mol. The molecule has 25 heavy (non-hydrogen) atoms. The van der Waals surface area contributed by atoms with Crippen molar-refractivity contribution in [2.75, 3.05) is 5.75 Å². The van der Waals surface area contributed by atoms with Gasteiger partial charge in [-0.1, -0.05) is 30.3 Å². The Hall–Kier alpha value is -1.94. The van der Waals surface area contributed by atoms with Crippen LogP contribution >= 0.6 is 11.8 Å². The lowest BCUT2D eigenvalue weighted by molar-refractivity contribution is -0.121. The zero-order valence-electron chi connectivity index (χ0n) is 15.0. The lowest BCUT2D eigenvalue weighted by Crippen LogP contribution is -2.41. The number of ether oxygens (including phenoxy) is 1. The molecule has 0 radical (unpaired) electrons. The summed E-state index contributed by atoms with van der Waals surface area (Å²) in [7, 11) is 0. The molecule has 1 aliphatic rings. The molecule has 3 rings (SSSR count). The van der Waals surface area contributed by atoms with Crippen LogP contribution < -0.4 is 10.1 Å². The first-order valence-corrected chi connectivity index (χ1v) is 9.68. The Bertz CT molecular complexity index is 743. The van der Waals surface area contributed by atoms with Gasteiger partial charge in [0.15, 0.2) is 0 Å². The van der Waals surface area contributed by atoms with Crippen LogP contribution in [0.4, 0.5) is 0 Å². The number of amides is 1. The molecule has 1 N–H and O–H groups in total. The van der Waals surface area contributed by atoms with Gasteiger partial charge in [-0.15, -0.1) is 11.8 Å². The number of carbonyl (C=O) groups excluding carboxylic acids is 1. The van der Waals surface area contributed by atoms with E-state index < -0.39 is 0 Å². The molecule has 132 valence electrons. The lowest BCUT2D eigenvalue weighted by Gasteiger charge is -2.38. The Balaban J connectivity index is 1.61. The lowest BCUT2D eigenvalue weighted by atomic mass is 9.89. The quantitative estimate of drug-likeness (QED) is 0.776. The van der Waals surface area contributed by atoms with Crippen molar-refractivity contribution in [1.29, 1.82) is 0 Å². The summed E-state index contributed by atoms with van der Waals surface area (Å²) < 4.78 is 6.10. The normalized spacial score (nSPS) is 18.1. The number of nitrogens with one attached hydrogen (secondary N) is 1. The molecular formula is C21H25NO2S. The van der Waals surface area contributed by atoms with Crippen LogP contribution in [0.2, 0.25) is 0 Å². The summed E-state index contributed by atoms with van der Waals surface area (Å²) in [6.45, 7) is 6.20. The van der Waals surface area contributed by atoms with Crippen molar-refractivity contribution in [2.45, 2.75) is 50.2 Å². The first kappa shape index (κ1) is 17.9. The van der Waals surface area contributed by atoms with Crippen LogP contribution in [-0.4, -0.2) is 17.3 Å². The molecule has 0 fully saturated rings. The fraction of sp³-hybridized carbons (Fsp3) is 0.381. The largest absolute Gasteiger partial charge is 0.487 e. The molecular weight excluding hydrogens is 330 g/mol. The molecule has 4 heteroatoms. The highest BCUT2D eigenvalue weighted by Gasteiger charge is 2.34. The third-order valence-corrected chi connectivity index (χ3v) is 5.32. The van der Waals surface area contributed by atoms with E-state index in [2.05, 4.69) is 56.4 Å². The summed E-state index contributed by atoms with van der Waals surface area (Å²) >= 11 is 1.71. The van der Waals surface area contributed by atoms with E-state index in [0.29, 0.717) is 6.42 Å². The molecule has 0 unspecified atom stereocenters. The second-order valence-electron chi connectivity index (χ2n) is 7.14. The number of thioether (sulfide) groups is 1. The van der Waals surface area contributed by atoms with Crippen molar-refractivity contribution in [3.8, 4) is 5.75 Å². The Morgan fingerprint density at radius 1 is 1.24 bits per heavy atom. The summed E-state index contributed by atoms with van der Waals surface area (Å²) in [6, 6.07) is 16.4. The van der Waals surface area contributed by atoms with Gasteiger partial charge in [0.25, 0.3) is 0 Å². The van der Waals surface area contributed by atoms with Gasteiger partial charge in [-0.25, -0.2) is 0 Å². The maximum atomic E-state index is 12.4. The van der Waals surface area contributed by atoms with E-state index in [4.69, 9.17) is 4.74 Å². The predicted molar refractivity (Wildman–Crippen MR) is 103 cm³/mol. The number of hydrogen-bond acceptors (Lipinski definition) is 3.